The average molecular weight is 262 g/mol. The van der Waals surface area contributed by atoms with Crippen molar-refractivity contribution in [2.75, 3.05) is 31.2 Å². The Morgan fingerprint density at radius 3 is 2.68 bits per heavy atom. The molecule has 1 saturated heterocycles. The molecule has 3 rings (SSSR count). The minimum atomic E-state index is 0.203. The van der Waals surface area contributed by atoms with Crippen molar-refractivity contribution in [3.8, 4) is 11.5 Å². The van der Waals surface area contributed by atoms with Crippen molar-refractivity contribution < 1.29 is 9.47 Å². The Labute approximate surface area is 114 Å². The van der Waals surface area contributed by atoms with Gasteiger partial charge >= 0.3 is 0 Å². The highest BCUT2D eigenvalue weighted by molar-refractivity contribution is 5.57. The van der Waals surface area contributed by atoms with Crippen molar-refractivity contribution in [3.05, 3.63) is 18.2 Å². The van der Waals surface area contributed by atoms with Gasteiger partial charge in [-0.05, 0) is 24.0 Å². The van der Waals surface area contributed by atoms with Gasteiger partial charge in [0.2, 0.25) is 0 Å². The van der Waals surface area contributed by atoms with Crippen LogP contribution in [-0.4, -0.2) is 32.3 Å². The van der Waals surface area contributed by atoms with Crippen molar-refractivity contribution in [1.29, 1.82) is 0 Å². The number of anilines is 1. The summed E-state index contributed by atoms with van der Waals surface area (Å²) in [6, 6.07) is 6.36. The van der Waals surface area contributed by atoms with Gasteiger partial charge < -0.3 is 20.1 Å². The number of nitrogens with two attached hydrogens (primary N) is 1. The Morgan fingerprint density at radius 2 is 1.95 bits per heavy atom. The molecule has 0 spiro atoms. The predicted octanol–water partition coefficient (Wildman–Crippen LogP) is 2.02. The van der Waals surface area contributed by atoms with E-state index in [-0.39, 0.29) is 11.5 Å². The lowest BCUT2D eigenvalue weighted by molar-refractivity contribution is 0.171. The fraction of sp³-hybridized carbons (Fsp3) is 0.600. The summed E-state index contributed by atoms with van der Waals surface area (Å²) in [6.45, 7) is 7.70. The van der Waals surface area contributed by atoms with Gasteiger partial charge in [-0.1, -0.05) is 13.8 Å². The monoisotopic (exact) mass is 262 g/mol. The molecule has 0 saturated carbocycles. The van der Waals surface area contributed by atoms with Crippen LogP contribution < -0.4 is 20.1 Å². The number of ether oxygens (including phenoxy) is 2. The standard InChI is InChI=1S/C15H22N2O2/c1-15(2)5-6-17(10-14(15)16)11-3-4-12-13(9-11)19-8-7-18-12/h3-4,9,14H,5-8,10,16H2,1-2H3. The van der Waals surface area contributed by atoms with Gasteiger partial charge in [-0.15, -0.1) is 0 Å². The van der Waals surface area contributed by atoms with E-state index in [1.54, 1.807) is 0 Å². The normalized spacial score (nSPS) is 25.2. The zero-order valence-corrected chi connectivity index (χ0v) is 11.7. The molecule has 104 valence electrons. The van der Waals surface area contributed by atoms with Gasteiger partial charge in [-0.25, -0.2) is 0 Å². The predicted molar refractivity (Wildman–Crippen MR) is 76.0 cm³/mol. The van der Waals surface area contributed by atoms with E-state index in [4.69, 9.17) is 15.2 Å². The average Bonchev–Trinajstić information content (AvgIpc) is 2.41. The zero-order valence-electron chi connectivity index (χ0n) is 11.7. The van der Waals surface area contributed by atoms with Gasteiger partial charge in [-0.2, -0.15) is 0 Å². The quantitative estimate of drug-likeness (QED) is 0.841. The second kappa shape index (κ2) is 4.60. The van der Waals surface area contributed by atoms with Crippen LogP contribution in [0.15, 0.2) is 18.2 Å². The molecule has 2 N–H and O–H groups in total. The van der Waals surface area contributed by atoms with E-state index < -0.39 is 0 Å². The van der Waals surface area contributed by atoms with Gasteiger partial charge in [0.25, 0.3) is 0 Å². The lowest BCUT2D eigenvalue weighted by Gasteiger charge is -2.43. The summed E-state index contributed by atoms with van der Waals surface area (Å²) in [6.07, 6.45) is 1.11. The third-order valence-electron chi connectivity index (χ3n) is 4.34. The molecule has 0 aliphatic carbocycles. The first-order valence-electron chi connectivity index (χ1n) is 6.96. The third-order valence-corrected chi connectivity index (χ3v) is 4.34. The molecule has 1 aromatic carbocycles. The number of fused-ring (bicyclic) bond motifs is 1. The van der Waals surface area contributed by atoms with E-state index in [0.29, 0.717) is 13.2 Å². The molecule has 1 fully saturated rings. The van der Waals surface area contributed by atoms with Crippen LogP contribution in [0.5, 0.6) is 11.5 Å². The van der Waals surface area contributed by atoms with E-state index in [1.807, 2.05) is 6.07 Å². The lowest BCUT2D eigenvalue weighted by Crippen LogP contribution is -2.52. The van der Waals surface area contributed by atoms with Crippen LogP contribution >= 0.6 is 0 Å². The Balaban J connectivity index is 1.80. The van der Waals surface area contributed by atoms with Gasteiger partial charge in [0.05, 0.1) is 0 Å². The molecule has 1 aromatic rings. The highest BCUT2D eigenvalue weighted by Crippen LogP contribution is 2.37. The van der Waals surface area contributed by atoms with Crippen LogP contribution in [-0.2, 0) is 0 Å². The van der Waals surface area contributed by atoms with Gasteiger partial charge in [-0.3, -0.25) is 0 Å². The van der Waals surface area contributed by atoms with Crippen molar-refractivity contribution in [1.82, 2.24) is 0 Å². The Bertz CT molecular complexity index is 473. The molecule has 19 heavy (non-hydrogen) atoms. The van der Waals surface area contributed by atoms with Crippen LogP contribution in [0, 0.1) is 5.41 Å². The minimum absolute atomic E-state index is 0.203. The van der Waals surface area contributed by atoms with Crippen LogP contribution in [0.25, 0.3) is 0 Å². The van der Waals surface area contributed by atoms with Crippen LogP contribution in [0.4, 0.5) is 5.69 Å². The Hall–Kier alpha value is -1.42. The summed E-state index contributed by atoms with van der Waals surface area (Å²) >= 11 is 0. The molecule has 2 heterocycles. The summed E-state index contributed by atoms with van der Waals surface area (Å²) in [4.78, 5) is 2.34. The smallest absolute Gasteiger partial charge is 0.163 e. The molecule has 2 aliphatic heterocycles. The molecule has 1 atom stereocenters. The zero-order chi connectivity index (χ0) is 13.5. The molecule has 0 aromatic heterocycles. The van der Waals surface area contributed by atoms with E-state index in [1.165, 1.54) is 5.69 Å². The second-order valence-corrected chi connectivity index (χ2v) is 6.12. The maximum Gasteiger partial charge on any atom is 0.163 e. The number of hydrogen-bond donors (Lipinski definition) is 1. The summed E-state index contributed by atoms with van der Waals surface area (Å²) in [5.74, 6) is 1.69. The number of piperidine rings is 1. The molecule has 2 aliphatic rings. The van der Waals surface area contributed by atoms with Crippen molar-refractivity contribution >= 4 is 5.69 Å². The lowest BCUT2D eigenvalue weighted by atomic mass is 9.78. The van der Waals surface area contributed by atoms with E-state index in [0.717, 1.165) is 31.0 Å². The molecule has 0 radical (unpaired) electrons. The largest absolute Gasteiger partial charge is 0.486 e. The molecule has 4 heteroatoms. The van der Waals surface area contributed by atoms with E-state index >= 15 is 0 Å². The summed E-state index contributed by atoms with van der Waals surface area (Å²) < 4.78 is 11.2. The highest BCUT2D eigenvalue weighted by Gasteiger charge is 2.33. The summed E-state index contributed by atoms with van der Waals surface area (Å²) in [5.41, 5.74) is 7.68. The maximum atomic E-state index is 6.28. The molecular formula is C15H22N2O2. The summed E-state index contributed by atoms with van der Waals surface area (Å²) in [7, 11) is 0. The first-order chi connectivity index (χ1) is 9.06. The molecular weight excluding hydrogens is 240 g/mol. The molecule has 0 bridgehead atoms. The topological polar surface area (TPSA) is 47.7 Å². The first kappa shape index (κ1) is 12.6. The number of rotatable bonds is 1. The summed E-state index contributed by atoms with van der Waals surface area (Å²) in [5, 5.41) is 0. The SMILES string of the molecule is CC1(C)CCN(c2ccc3c(c2)OCCO3)CC1N. The van der Waals surface area contributed by atoms with Crippen molar-refractivity contribution in [3.63, 3.8) is 0 Å². The first-order valence-corrected chi connectivity index (χ1v) is 6.96. The fourth-order valence-corrected chi connectivity index (χ4v) is 2.65. The van der Waals surface area contributed by atoms with Gasteiger partial charge in [0.1, 0.15) is 13.2 Å². The molecule has 4 nitrogen and oxygen atoms in total. The number of benzene rings is 1. The Morgan fingerprint density at radius 1 is 1.21 bits per heavy atom. The van der Waals surface area contributed by atoms with E-state index in [2.05, 4.69) is 30.9 Å². The van der Waals surface area contributed by atoms with Crippen molar-refractivity contribution in [2.45, 2.75) is 26.3 Å². The van der Waals surface area contributed by atoms with Gasteiger partial charge in [0, 0.05) is 30.9 Å². The van der Waals surface area contributed by atoms with Crippen LogP contribution in [0.2, 0.25) is 0 Å². The molecule has 0 amide bonds. The fourth-order valence-electron chi connectivity index (χ4n) is 2.65. The maximum absolute atomic E-state index is 6.28. The Kier molecular flexibility index (Phi) is 3.05. The van der Waals surface area contributed by atoms with Crippen molar-refractivity contribution in [2.24, 2.45) is 11.1 Å². The third kappa shape index (κ3) is 2.37. The van der Waals surface area contributed by atoms with Gasteiger partial charge in [0.15, 0.2) is 11.5 Å². The second-order valence-electron chi connectivity index (χ2n) is 6.12. The number of nitrogens with zero attached hydrogens (tertiary/aromatic N) is 1. The number of hydrogen-bond acceptors (Lipinski definition) is 4. The molecule has 1 unspecified atom stereocenters. The minimum Gasteiger partial charge on any atom is -0.486 e. The highest BCUT2D eigenvalue weighted by atomic mass is 16.6. The van der Waals surface area contributed by atoms with E-state index in [9.17, 15) is 0 Å². The van der Waals surface area contributed by atoms with Crippen LogP contribution in [0.3, 0.4) is 0 Å². The van der Waals surface area contributed by atoms with Crippen LogP contribution in [0.1, 0.15) is 20.3 Å².